The van der Waals surface area contributed by atoms with Gasteiger partial charge in [0.15, 0.2) is 6.10 Å². The van der Waals surface area contributed by atoms with Gasteiger partial charge >= 0.3 is 17.9 Å². The van der Waals surface area contributed by atoms with Crippen molar-refractivity contribution in [1.29, 1.82) is 0 Å². The summed E-state index contributed by atoms with van der Waals surface area (Å²) >= 11 is 0. The van der Waals surface area contributed by atoms with Gasteiger partial charge in [0.1, 0.15) is 13.2 Å². The second-order valence-electron chi connectivity index (χ2n) is 16.1. The van der Waals surface area contributed by atoms with E-state index >= 15 is 0 Å². The summed E-state index contributed by atoms with van der Waals surface area (Å²) in [5.74, 6) is -1.08. The summed E-state index contributed by atoms with van der Waals surface area (Å²) in [6.07, 6.45) is 74.1. The van der Waals surface area contributed by atoms with Crippen molar-refractivity contribution < 1.29 is 28.6 Å². The lowest BCUT2D eigenvalue weighted by Gasteiger charge is -2.18. The first-order valence-corrected chi connectivity index (χ1v) is 25.4. The van der Waals surface area contributed by atoms with Crippen molar-refractivity contribution in [3.63, 3.8) is 0 Å². The molecule has 0 aliphatic carbocycles. The topological polar surface area (TPSA) is 78.9 Å². The smallest absolute Gasteiger partial charge is 0.306 e. The van der Waals surface area contributed by atoms with Crippen molar-refractivity contribution in [1.82, 2.24) is 0 Å². The van der Waals surface area contributed by atoms with Crippen molar-refractivity contribution >= 4 is 17.9 Å². The molecule has 0 aliphatic heterocycles. The Bertz CT molecular complexity index is 1490. The highest BCUT2D eigenvalue weighted by atomic mass is 16.6. The predicted molar refractivity (Wildman–Crippen MR) is 279 cm³/mol. The van der Waals surface area contributed by atoms with Gasteiger partial charge in [0.2, 0.25) is 0 Å². The Hall–Kier alpha value is -4.71. The summed E-state index contributed by atoms with van der Waals surface area (Å²) < 4.78 is 16.7. The highest BCUT2D eigenvalue weighted by Crippen LogP contribution is 2.12. The van der Waals surface area contributed by atoms with Crippen LogP contribution in [0.4, 0.5) is 0 Å². The fourth-order valence-electron chi connectivity index (χ4n) is 6.17. The summed E-state index contributed by atoms with van der Waals surface area (Å²) in [6.45, 7) is 6.21. The van der Waals surface area contributed by atoms with Crippen molar-refractivity contribution in [2.24, 2.45) is 0 Å². The summed E-state index contributed by atoms with van der Waals surface area (Å²) in [5.41, 5.74) is 0. The molecular weight excluding hydrogens is 805 g/mol. The summed E-state index contributed by atoms with van der Waals surface area (Å²) in [7, 11) is 0. The molecule has 0 heterocycles. The molecule has 0 radical (unpaired) electrons. The van der Waals surface area contributed by atoms with Crippen molar-refractivity contribution in [2.45, 2.75) is 194 Å². The monoisotopic (exact) mass is 895 g/mol. The van der Waals surface area contributed by atoms with Crippen LogP contribution in [0.2, 0.25) is 0 Å². The second kappa shape index (κ2) is 51.9. The van der Waals surface area contributed by atoms with E-state index in [-0.39, 0.29) is 44.0 Å². The molecule has 1 unspecified atom stereocenters. The van der Waals surface area contributed by atoms with E-state index in [1.54, 1.807) is 0 Å². The molecule has 0 aromatic carbocycles. The highest BCUT2D eigenvalue weighted by Gasteiger charge is 2.19. The highest BCUT2D eigenvalue weighted by molar-refractivity contribution is 5.71. The number of allylic oxidation sites excluding steroid dienone is 24. The van der Waals surface area contributed by atoms with Gasteiger partial charge in [-0.3, -0.25) is 14.4 Å². The molecule has 0 N–H and O–H groups in total. The molecule has 0 aliphatic rings. The van der Waals surface area contributed by atoms with Crippen LogP contribution in [0, 0.1) is 0 Å². The lowest BCUT2D eigenvalue weighted by Crippen LogP contribution is -2.30. The van der Waals surface area contributed by atoms with Crippen LogP contribution < -0.4 is 0 Å². The zero-order valence-electron chi connectivity index (χ0n) is 41.2. The van der Waals surface area contributed by atoms with Crippen LogP contribution in [0.3, 0.4) is 0 Å². The van der Waals surface area contributed by atoms with Crippen LogP contribution in [-0.4, -0.2) is 37.2 Å². The molecule has 0 saturated heterocycles. The van der Waals surface area contributed by atoms with E-state index in [0.29, 0.717) is 12.8 Å². The average molecular weight is 895 g/mol. The predicted octanol–water partition coefficient (Wildman–Crippen LogP) is 16.9. The molecule has 0 fully saturated rings. The van der Waals surface area contributed by atoms with Gasteiger partial charge in [-0.2, -0.15) is 0 Å². The molecule has 0 spiro atoms. The molecule has 362 valence electrons. The third-order valence-electron chi connectivity index (χ3n) is 9.94. The summed E-state index contributed by atoms with van der Waals surface area (Å²) in [6, 6.07) is 0. The van der Waals surface area contributed by atoms with E-state index in [9.17, 15) is 14.4 Å². The van der Waals surface area contributed by atoms with Crippen LogP contribution in [0.5, 0.6) is 0 Å². The molecule has 0 amide bonds. The van der Waals surface area contributed by atoms with E-state index in [4.69, 9.17) is 14.2 Å². The molecule has 0 rings (SSSR count). The average Bonchev–Trinajstić information content (AvgIpc) is 3.30. The Morgan fingerprint density at radius 3 is 1.22 bits per heavy atom. The minimum absolute atomic E-state index is 0.133. The Morgan fingerprint density at radius 2 is 0.708 bits per heavy atom. The van der Waals surface area contributed by atoms with Crippen LogP contribution >= 0.6 is 0 Å². The van der Waals surface area contributed by atoms with Crippen molar-refractivity contribution in [2.75, 3.05) is 13.2 Å². The standard InChI is InChI=1S/C59H90O6/c1-4-7-10-13-16-19-22-25-27-28-29-30-32-34-37-40-43-46-49-52-58(61)64-55-56(54-63-57(60)51-48-45-42-39-36-33-24-21-18-15-12-9-6-3)65-59(62)53-50-47-44-41-38-35-31-26-23-20-17-14-11-8-5-2/h7,9-10,12,15-21,23-27,29-30,33-34,36-37,43,46,56H,4-6,8,11,13-14,22,28,31-32,35,38-42,44-45,47-55H2,1-3H3/b10-7-,12-9-,18-15-,19-16-,20-17-,24-21-,26-23-,27-25-,30-29-,36-33-,37-34-,46-43-. The number of rotatable bonds is 43. The van der Waals surface area contributed by atoms with E-state index in [2.05, 4.69) is 118 Å². The SMILES string of the molecule is CC\C=C/C=C\C=C/C=C\CCCCCC(=O)OCC(COC(=O)CC/C=C\C/C=C\C/C=C\C/C=C\C/C=C\C/C=C\CC)OC(=O)CCCCCCCC/C=C\C=C/CCCCC. The van der Waals surface area contributed by atoms with Gasteiger partial charge in [0.05, 0.1) is 0 Å². The fraction of sp³-hybridized carbons (Fsp3) is 0.542. The first-order valence-electron chi connectivity index (χ1n) is 25.4. The van der Waals surface area contributed by atoms with E-state index < -0.39 is 6.10 Å². The minimum atomic E-state index is -0.837. The Balaban J connectivity index is 4.61. The van der Waals surface area contributed by atoms with Crippen molar-refractivity contribution in [3.8, 4) is 0 Å². The fourth-order valence-corrected chi connectivity index (χ4v) is 6.17. The summed E-state index contributed by atoms with van der Waals surface area (Å²) in [5, 5.41) is 0. The van der Waals surface area contributed by atoms with Gasteiger partial charge in [0, 0.05) is 19.3 Å². The maximum absolute atomic E-state index is 12.8. The maximum atomic E-state index is 12.8. The quantitative estimate of drug-likeness (QED) is 0.0199. The third-order valence-corrected chi connectivity index (χ3v) is 9.94. The van der Waals surface area contributed by atoms with Gasteiger partial charge in [-0.1, -0.05) is 212 Å². The number of hydrogen-bond donors (Lipinski definition) is 0. The van der Waals surface area contributed by atoms with Crippen LogP contribution in [0.1, 0.15) is 188 Å². The van der Waals surface area contributed by atoms with Crippen LogP contribution in [0.15, 0.2) is 146 Å². The molecule has 1 atom stereocenters. The Kier molecular flexibility index (Phi) is 48.2. The number of unbranched alkanes of at least 4 members (excludes halogenated alkanes) is 12. The lowest BCUT2D eigenvalue weighted by atomic mass is 10.1. The Morgan fingerprint density at radius 1 is 0.338 bits per heavy atom. The molecule has 0 aromatic rings. The molecule has 6 nitrogen and oxygen atoms in total. The Labute approximate surface area is 397 Å². The first kappa shape index (κ1) is 60.3. The molecule has 0 aromatic heterocycles. The molecule has 65 heavy (non-hydrogen) atoms. The minimum Gasteiger partial charge on any atom is -0.462 e. The van der Waals surface area contributed by atoms with Crippen molar-refractivity contribution in [3.05, 3.63) is 146 Å². The summed E-state index contributed by atoms with van der Waals surface area (Å²) in [4.78, 5) is 37.9. The normalized spacial score (nSPS) is 13.3. The second-order valence-corrected chi connectivity index (χ2v) is 16.1. The number of carbonyl (C=O) groups excluding carboxylic acids is 3. The molecule has 0 saturated carbocycles. The zero-order valence-corrected chi connectivity index (χ0v) is 41.2. The number of carbonyl (C=O) groups is 3. The van der Waals surface area contributed by atoms with Gasteiger partial charge in [-0.05, 0) is 103 Å². The largest absolute Gasteiger partial charge is 0.462 e. The third kappa shape index (κ3) is 50.2. The van der Waals surface area contributed by atoms with Gasteiger partial charge in [0.25, 0.3) is 0 Å². The number of ether oxygens (including phenoxy) is 3. The molecule has 0 bridgehead atoms. The lowest BCUT2D eigenvalue weighted by molar-refractivity contribution is -0.166. The van der Waals surface area contributed by atoms with Crippen LogP contribution in [0.25, 0.3) is 0 Å². The molecule has 6 heteroatoms. The van der Waals surface area contributed by atoms with Gasteiger partial charge < -0.3 is 14.2 Å². The number of hydrogen-bond acceptors (Lipinski definition) is 6. The van der Waals surface area contributed by atoms with E-state index in [1.165, 1.54) is 32.1 Å². The van der Waals surface area contributed by atoms with Crippen LogP contribution in [-0.2, 0) is 28.6 Å². The number of esters is 3. The van der Waals surface area contributed by atoms with Gasteiger partial charge in [-0.25, -0.2) is 0 Å². The molecular formula is C59H90O6. The van der Waals surface area contributed by atoms with E-state index in [0.717, 1.165) is 109 Å². The first-order chi connectivity index (χ1) is 32.0. The van der Waals surface area contributed by atoms with E-state index in [1.807, 2.05) is 48.6 Å². The zero-order chi connectivity index (χ0) is 47.2. The van der Waals surface area contributed by atoms with Gasteiger partial charge in [-0.15, -0.1) is 0 Å². The maximum Gasteiger partial charge on any atom is 0.306 e.